The van der Waals surface area contributed by atoms with E-state index in [4.69, 9.17) is 15.2 Å². The summed E-state index contributed by atoms with van der Waals surface area (Å²) in [6.45, 7) is 1.41. The smallest absolute Gasteiger partial charge is 0.337 e. The summed E-state index contributed by atoms with van der Waals surface area (Å²) >= 11 is 0. The average Bonchev–Trinajstić information content (AvgIpc) is 3.24. The highest BCUT2D eigenvalue weighted by Crippen LogP contribution is 2.35. The monoisotopic (exact) mass is 264 g/mol. The minimum absolute atomic E-state index is 0.344. The number of nitrogens with zero attached hydrogens (tertiary/aromatic N) is 1. The van der Waals surface area contributed by atoms with Crippen molar-refractivity contribution < 1.29 is 14.3 Å². The van der Waals surface area contributed by atoms with Crippen molar-refractivity contribution in [3.8, 4) is 0 Å². The maximum atomic E-state index is 11.6. The lowest BCUT2D eigenvalue weighted by molar-refractivity contribution is 0.0601. The Kier molecular flexibility index (Phi) is 4.27. The van der Waals surface area contributed by atoms with E-state index in [1.54, 1.807) is 25.3 Å². The molecular weight excluding hydrogens is 244 g/mol. The Bertz CT molecular complexity index is 458. The molecule has 0 unspecified atom stereocenters. The van der Waals surface area contributed by atoms with Gasteiger partial charge in [-0.2, -0.15) is 0 Å². The van der Waals surface area contributed by atoms with E-state index in [0.29, 0.717) is 23.9 Å². The molecule has 1 saturated carbocycles. The average molecular weight is 264 g/mol. The van der Waals surface area contributed by atoms with Crippen molar-refractivity contribution in [3.63, 3.8) is 0 Å². The van der Waals surface area contributed by atoms with Crippen LogP contribution in [-0.2, 0) is 9.47 Å². The first-order valence-electron chi connectivity index (χ1n) is 6.40. The summed E-state index contributed by atoms with van der Waals surface area (Å²) < 4.78 is 9.88. The Morgan fingerprint density at radius 2 is 2.16 bits per heavy atom. The summed E-state index contributed by atoms with van der Waals surface area (Å²) in [5.74, 6) is -0.344. The number of carbonyl (C=O) groups excluding carboxylic acids is 1. The van der Waals surface area contributed by atoms with Crippen LogP contribution in [0.1, 0.15) is 23.2 Å². The fourth-order valence-electron chi connectivity index (χ4n) is 2.11. The molecular formula is C14H20N2O3. The van der Waals surface area contributed by atoms with Gasteiger partial charge in [0.15, 0.2) is 0 Å². The number of rotatable bonds is 6. The standard InChI is InChI=1S/C14H20N2O3/c1-18-8-7-16(11-4-5-11)13-9-10(14(17)19-2)3-6-12(13)15/h3,6,9,11H,4-5,7-8,15H2,1-2H3. The summed E-state index contributed by atoms with van der Waals surface area (Å²) in [4.78, 5) is 13.8. The fourth-order valence-corrected chi connectivity index (χ4v) is 2.11. The molecule has 0 radical (unpaired) electrons. The Morgan fingerprint density at radius 3 is 2.74 bits per heavy atom. The molecule has 5 nitrogen and oxygen atoms in total. The third kappa shape index (κ3) is 3.17. The van der Waals surface area contributed by atoms with E-state index in [9.17, 15) is 4.79 Å². The van der Waals surface area contributed by atoms with Crippen LogP contribution in [0.3, 0.4) is 0 Å². The highest BCUT2D eigenvalue weighted by Gasteiger charge is 2.30. The van der Waals surface area contributed by atoms with Gasteiger partial charge in [0, 0.05) is 19.7 Å². The normalized spacial score (nSPS) is 14.2. The Hall–Kier alpha value is -1.75. The van der Waals surface area contributed by atoms with E-state index in [2.05, 4.69) is 4.90 Å². The quantitative estimate of drug-likeness (QED) is 0.625. The second-order valence-electron chi connectivity index (χ2n) is 4.68. The van der Waals surface area contributed by atoms with Gasteiger partial charge in [-0.15, -0.1) is 0 Å². The molecule has 0 amide bonds. The van der Waals surface area contributed by atoms with Crippen LogP contribution in [-0.4, -0.2) is 39.4 Å². The van der Waals surface area contributed by atoms with Gasteiger partial charge in [0.1, 0.15) is 0 Å². The van der Waals surface area contributed by atoms with Crippen LogP contribution < -0.4 is 10.6 Å². The van der Waals surface area contributed by atoms with Crippen LogP contribution in [0.5, 0.6) is 0 Å². The van der Waals surface area contributed by atoms with Crippen LogP contribution in [0.2, 0.25) is 0 Å². The van der Waals surface area contributed by atoms with E-state index in [1.165, 1.54) is 7.11 Å². The molecule has 104 valence electrons. The Labute approximate surface area is 113 Å². The van der Waals surface area contributed by atoms with E-state index in [1.807, 2.05) is 0 Å². The molecule has 0 saturated heterocycles. The first-order chi connectivity index (χ1) is 9.17. The van der Waals surface area contributed by atoms with Crippen molar-refractivity contribution in [1.29, 1.82) is 0 Å². The molecule has 0 aromatic heterocycles. The van der Waals surface area contributed by atoms with E-state index < -0.39 is 0 Å². The molecule has 1 aliphatic rings. The molecule has 2 rings (SSSR count). The van der Waals surface area contributed by atoms with Gasteiger partial charge in [-0.3, -0.25) is 0 Å². The van der Waals surface area contributed by atoms with Crippen molar-refractivity contribution in [2.75, 3.05) is 38.0 Å². The summed E-state index contributed by atoms with van der Waals surface area (Å²) in [6.07, 6.45) is 2.32. The zero-order valence-electron chi connectivity index (χ0n) is 11.4. The van der Waals surface area contributed by atoms with Gasteiger partial charge in [-0.1, -0.05) is 0 Å². The minimum atomic E-state index is -0.344. The van der Waals surface area contributed by atoms with Crippen LogP contribution in [0, 0.1) is 0 Å². The second kappa shape index (κ2) is 5.93. The number of nitrogen functional groups attached to an aromatic ring is 1. The number of hydrogen-bond donors (Lipinski definition) is 1. The SMILES string of the molecule is COCCN(c1cc(C(=O)OC)ccc1N)C1CC1. The molecule has 1 aliphatic carbocycles. The van der Waals surface area contributed by atoms with Gasteiger partial charge >= 0.3 is 5.97 Å². The molecule has 0 aliphatic heterocycles. The van der Waals surface area contributed by atoms with Crippen molar-refractivity contribution in [3.05, 3.63) is 23.8 Å². The van der Waals surface area contributed by atoms with Crippen LogP contribution in [0.25, 0.3) is 0 Å². The van der Waals surface area contributed by atoms with Crippen molar-refractivity contribution in [2.45, 2.75) is 18.9 Å². The number of benzene rings is 1. The minimum Gasteiger partial charge on any atom is -0.465 e. The number of anilines is 2. The zero-order chi connectivity index (χ0) is 13.8. The lowest BCUT2D eigenvalue weighted by atomic mass is 10.1. The van der Waals surface area contributed by atoms with Crippen molar-refractivity contribution in [1.82, 2.24) is 0 Å². The van der Waals surface area contributed by atoms with Gasteiger partial charge < -0.3 is 20.1 Å². The van der Waals surface area contributed by atoms with Crippen LogP contribution >= 0.6 is 0 Å². The van der Waals surface area contributed by atoms with E-state index in [-0.39, 0.29) is 5.97 Å². The van der Waals surface area contributed by atoms with Gasteiger partial charge in [-0.25, -0.2) is 4.79 Å². The predicted molar refractivity (Wildman–Crippen MR) is 74.4 cm³/mol. The predicted octanol–water partition coefficient (Wildman–Crippen LogP) is 1.67. The fraction of sp³-hybridized carbons (Fsp3) is 0.500. The zero-order valence-corrected chi connectivity index (χ0v) is 11.4. The highest BCUT2D eigenvalue weighted by atomic mass is 16.5. The lowest BCUT2D eigenvalue weighted by Gasteiger charge is -2.26. The molecule has 0 heterocycles. The molecule has 19 heavy (non-hydrogen) atoms. The molecule has 0 spiro atoms. The third-order valence-electron chi connectivity index (χ3n) is 3.28. The second-order valence-corrected chi connectivity index (χ2v) is 4.68. The first-order valence-corrected chi connectivity index (χ1v) is 6.40. The van der Waals surface area contributed by atoms with Gasteiger partial charge in [-0.05, 0) is 31.0 Å². The summed E-state index contributed by atoms with van der Waals surface area (Å²) in [7, 11) is 3.06. The summed E-state index contributed by atoms with van der Waals surface area (Å²) in [5, 5.41) is 0. The molecule has 1 aromatic rings. The van der Waals surface area contributed by atoms with Gasteiger partial charge in [0.25, 0.3) is 0 Å². The Balaban J connectivity index is 2.26. The number of carbonyl (C=O) groups is 1. The molecule has 0 bridgehead atoms. The topological polar surface area (TPSA) is 64.8 Å². The summed E-state index contributed by atoms with van der Waals surface area (Å²) in [5.41, 5.74) is 8.13. The van der Waals surface area contributed by atoms with Crippen LogP contribution in [0.15, 0.2) is 18.2 Å². The summed E-state index contributed by atoms with van der Waals surface area (Å²) in [6, 6.07) is 5.75. The van der Waals surface area contributed by atoms with Crippen LogP contribution in [0.4, 0.5) is 11.4 Å². The molecule has 0 atom stereocenters. The number of ether oxygens (including phenoxy) is 2. The number of methoxy groups -OCH3 is 2. The molecule has 1 fully saturated rings. The maximum absolute atomic E-state index is 11.6. The largest absolute Gasteiger partial charge is 0.465 e. The lowest BCUT2D eigenvalue weighted by Crippen LogP contribution is -2.30. The first kappa shape index (κ1) is 13.7. The Morgan fingerprint density at radius 1 is 1.42 bits per heavy atom. The number of esters is 1. The van der Waals surface area contributed by atoms with Crippen molar-refractivity contribution in [2.24, 2.45) is 0 Å². The number of nitrogens with two attached hydrogens (primary N) is 1. The number of hydrogen-bond acceptors (Lipinski definition) is 5. The molecule has 2 N–H and O–H groups in total. The van der Waals surface area contributed by atoms with Gasteiger partial charge in [0.05, 0.1) is 30.7 Å². The molecule has 5 heteroatoms. The van der Waals surface area contributed by atoms with Crippen molar-refractivity contribution >= 4 is 17.3 Å². The third-order valence-corrected chi connectivity index (χ3v) is 3.28. The maximum Gasteiger partial charge on any atom is 0.337 e. The van der Waals surface area contributed by atoms with E-state index >= 15 is 0 Å². The van der Waals surface area contributed by atoms with Gasteiger partial charge in [0.2, 0.25) is 0 Å². The van der Waals surface area contributed by atoms with E-state index in [0.717, 1.165) is 25.1 Å². The molecule has 1 aromatic carbocycles. The highest BCUT2D eigenvalue weighted by molar-refractivity contribution is 5.92.